The molecule has 0 aliphatic carbocycles. The molecule has 0 fully saturated rings. The van der Waals surface area contributed by atoms with Crippen molar-refractivity contribution >= 4 is 33.8 Å². The minimum atomic E-state index is -0.707. The summed E-state index contributed by atoms with van der Waals surface area (Å²) in [5.74, 6) is -1.49. The zero-order valence-electron chi connectivity index (χ0n) is 10.5. The summed E-state index contributed by atoms with van der Waals surface area (Å²) in [6, 6.07) is 4.60. The molecule has 1 rings (SSSR count). The summed E-state index contributed by atoms with van der Waals surface area (Å²) < 4.78 is 18.7. The lowest BCUT2D eigenvalue weighted by Gasteiger charge is -2.03. The Balaban J connectivity index is 3.04. The van der Waals surface area contributed by atoms with Crippen LogP contribution in [0.15, 0.2) is 39.0 Å². The van der Waals surface area contributed by atoms with Gasteiger partial charge in [-0.3, -0.25) is 4.99 Å². The predicted molar refractivity (Wildman–Crippen MR) is 74.2 cm³/mol. The quantitative estimate of drug-likeness (QED) is 0.396. The van der Waals surface area contributed by atoms with Gasteiger partial charge in [-0.1, -0.05) is 6.07 Å². The second kappa shape index (κ2) is 7.04. The summed E-state index contributed by atoms with van der Waals surface area (Å²) in [4.78, 5) is 15.4. The largest absolute Gasteiger partial charge is 0.512 e. The van der Waals surface area contributed by atoms with Crippen LogP contribution in [-0.4, -0.2) is 23.9 Å². The van der Waals surface area contributed by atoms with Gasteiger partial charge in [-0.05, 0) is 41.9 Å². The van der Waals surface area contributed by atoms with Crippen molar-refractivity contribution in [3.63, 3.8) is 0 Å². The standard InChI is InChI=1S/C13H13BrFNO3/c1-3-19-13(18)9(8(2)17)7-16-11-6-4-5-10(14)12(11)15/h4-7,17H,3H2,1-2H3/b9-8-,16-7?. The first-order chi connectivity index (χ1) is 8.97. The van der Waals surface area contributed by atoms with Crippen LogP contribution in [-0.2, 0) is 9.53 Å². The molecule has 102 valence electrons. The van der Waals surface area contributed by atoms with Crippen molar-refractivity contribution in [1.29, 1.82) is 0 Å². The Labute approximate surface area is 118 Å². The minimum absolute atomic E-state index is 0.0532. The number of halogens is 2. The Morgan fingerprint density at radius 2 is 2.26 bits per heavy atom. The van der Waals surface area contributed by atoms with Gasteiger partial charge in [0.05, 0.1) is 16.8 Å². The maximum atomic E-state index is 13.6. The number of aliphatic hydroxyl groups excluding tert-OH is 1. The van der Waals surface area contributed by atoms with Gasteiger partial charge in [0.1, 0.15) is 11.3 Å². The molecule has 0 aliphatic heterocycles. The van der Waals surface area contributed by atoms with Crippen molar-refractivity contribution in [2.45, 2.75) is 13.8 Å². The molecule has 0 bridgehead atoms. The number of benzene rings is 1. The number of carbonyl (C=O) groups is 1. The van der Waals surface area contributed by atoms with E-state index in [0.29, 0.717) is 0 Å². The van der Waals surface area contributed by atoms with Crippen LogP contribution in [0.4, 0.5) is 10.1 Å². The van der Waals surface area contributed by atoms with E-state index in [1.807, 2.05) is 0 Å². The summed E-state index contributed by atoms with van der Waals surface area (Å²) in [6.45, 7) is 3.15. The molecular formula is C13H13BrFNO3. The fourth-order valence-corrected chi connectivity index (χ4v) is 1.58. The molecule has 0 atom stereocenters. The molecule has 0 spiro atoms. The number of carbonyl (C=O) groups excluding carboxylic acids is 1. The lowest BCUT2D eigenvalue weighted by molar-refractivity contribution is -0.138. The highest BCUT2D eigenvalue weighted by Crippen LogP contribution is 2.24. The molecule has 19 heavy (non-hydrogen) atoms. The van der Waals surface area contributed by atoms with Gasteiger partial charge < -0.3 is 9.84 Å². The first kappa shape index (κ1) is 15.4. The second-order valence-corrected chi connectivity index (χ2v) is 4.41. The van der Waals surface area contributed by atoms with Gasteiger partial charge in [0.2, 0.25) is 0 Å². The van der Waals surface area contributed by atoms with Gasteiger partial charge in [0, 0.05) is 6.21 Å². The molecule has 0 heterocycles. The molecule has 1 aromatic rings. The minimum Gasteiger partial charge on any atom is -0.512 e. The second-order valence-electron chi connectivity index (χ2n) is 3.55. The third-order valence-corrected chi connectivity index (χ3v) is 2.76. The van der Waals surface area contributed by atoms with Crippen molar-refractivity contribution < 1.29 is 19.0 Å². The van der Waals surface area contributed by atoms with E-state index in [-0.39, 0.29) is 28.1 Å². The van der Waals surface area contributed by atoms with Crippen molar-refractivity contribution in [1.82, 2.24) is 0 Å². The number of hydrogen-bond acceptors (Lipinski definition) is 4. The molecule has 6 heteroatoms. The van der Waals surface area contributed by atoms with Crippen LogP contribution in [0.2, 0.25) is 0 Å². The molecule has 0 radical (unpaired) electrons. The van der Waals surface area contributed by atoms with Crippen LogP contribution in [0.1, 0.15) is 13.8 Å². The van der Waals surface area contributed by atoms with Crippen LogP contribution < -0.4 is 0 Å². The highest BCUT2D eigenvalue weighted by Gasteiger charge is 2.12. The molecule has 4 nitrogen and oxygen atoms in total. The van der Waals surface area contributed by atoms with Crippen molar-refractivity contribution in [3.05, 3.63) is 39.8 Å². The Morgan fingerprint density at radius 3 is 2.84 bits per heavy atom. The van der Waals surface area contributed by atoms with Crippen LogP contribution in [0, 0.1) is 5.82 Å². The van der Waals surface area contributed by atoms with Gasteiger partial charge in [-0.25, -0.2) is 9.18 Å². The molecule has 1 aromatic carbocycles. The normalized spacial score (nSPS) is 12.4. The summed E-state index contributed by atoms with van der Waals surface area (Å²) in [7, 11) is 0. The number of ether oxygens (including phenoxy) is 1. The predicted octanol–water partition coefficient (Wildman–Crippen LogP) is 3.69. The van der Waals surface area contributed by atoms with Gasteiger partial charge in [-0.15, -0.1) is 0 Å². The summed E-state index contributed by atoms with van der Waals surface area (Å²) >= 11 is 3.03. The fourth-order valence-electron chi connectivity index (χ4n) is 1.23. The fraction of sp³-hybridized carbons (Fsp3) is 0.231. The van der Waals surface area contributed by atoms with E-state index in [1.165, 1.54) is 19.1 Å². The zero-order valence-corrected chi connectivity index (χ0v) is 12.1. The number of aliphatic hydroxyl groups is 1. The number of esters is 1. The maximum Gasteiger partial charge on any atom is 0.343 e. The highest BCUT2D eigenvalue weighted by atomic mass is 79.9. The molecule has 1 N–H and O–H groups in total. The summed E-state index contributed by atoms with van der Waals surface area (Å²) in [5.41, 5.74) is -0.0568. The van der Waals surface area contributed by atoms with E-state index in [1.54, 1.807) is 13.0 Å². The van der Waals surface area contributed by atoms with E-state index in [9.17, 15) is 14.3 Å². The Hall–Kier alpha value is -1.69. The average Bonchev–Trinajstić information content (AvgIpc) is 2.34. The Morgan fingerprint density at radius 1 is 1.58 bits per heavy atom. The third kappa shape index (κ3) is 4.17. The van der Waals surface area contributed by atoms with E-state index in [0.717, 1.165) is 6.21 Å². The molecule has 0 aliphatic rings. The van der Waals surface area contributed by atoms with E-state index in [2.05, 4.69) is 20.9 Å². The highest BCUT2D eigenvalue weighted by molar-refractivity contribution is 9.10. The molecule has 0 amide bonds. The summed E-state index contributed by atoms with van der Waals surface area (Å²) in [6.07, 6.45) is 1.08. The van der Waals surface area contributed by atoms with E-state index in [4.69, 9.17) is 4.74 Å². The molecule has 0 unspecified atom stereocenters. The first-order valence-electron chi connectivity index (χ1n) is 5.52. The van der Waals surface area contributed by atoms with Crippen LogP contribution >= 0.6 is 15.9 Å². The van der Waals surface area contributed by atoms with Gasteiger partial charge in [0.15, 0.2) is 5.82 Å². The van der Waals surface area contributed by atoms with E-state index >= 15 is 0 Å². The zero-order chi connectivity index (χ0) is 14.4. The van der Waals surface area contributed by atoms with Crippen LogP contribution in [0.3, 0.4) is 0 Å². The Bertz CT molecular complexity index is 537. The number of rotatable bonds is 4. The SMILES string of the molecule is CCOC(=O)/C(C=Nc1cccc(Br)c1F)=C(/C)O. The number of allylic oxidation sites excluding steroid dienone is 1. The molecule has 0 saturated carbocycles. The van der Waals surface area contributed by atoms with Crippen molar-refractivity contribution in [2.75, 3.05) is 6.61 Å². The smallest absolute Gasteiger partial charge is 0.343 e. The number of hydrogen-bond donors (Lipinski definition) is 1. The van der Waals surface area contributed by atoms with E-state index < -0.39 is 11.8 Å². The van der Waals surface area contributed by atoms with Gasteiger partial charge in [0.25, 0.3) is 0 Å². The Kier molecular flexibility index (Phi) is 5.69. The number of nitrogens with zero attached hydrogens (tertiary/aromatic N) is 1. The first-order valence-corrected chi connectivity index (χ1v) is 6.31. The van der Waals surface area contributed by atoms with Crippen LogP contribution in [0.5, 0.6) is 0 Å². The number of aliphatic imine (C=N–C) groups is 1. The van der Waals surface area contributed by atoms with Crippen molar-refractivity contribution in [2.24, 2.45) is 4.99 Å². The van der Waals surface area contributed by atoms with Gasteiger partial charge >= 0.3 is 5.97 Å². The molecule has 0 saturated heterocycles. The lowest BCUT2D eigenvalue weighted by atomic mass is 10.2. The van der Waals surface area contributed by atoms with Crippen molar-refractivity contribution in [3.8, 4) is 0 Å². The monoisotopic (exact) mass is 329 g/mol. The third-order valence-electron chi connectivity index (χ3n) is 2.15. The maximum absolute atomic E-state index is 13.6. The topological polar surface area (TPSA) is 58.9 Å². The average molecular weight is 330 g/mol. The lowest BCUT2D eigenvalue weighted by Crippen LogP contribution is -2.10. The summed E-state index contributed by atoms with van der Waals surface area (Å²) in [5, 5.41) is 9.40. The van der Waals surface area contributed by atoms with Crippen LogP contribution in [0.25, 0.3) is 0 Å². The molecular weight excluding hydrogens is 317 g/mol. The van der Waals surface area contributed by atoms with Gasteiger partial charge in [-0.2, -0.15) is 0 Å². The molecule has 0 aromatic heterocycles.